The quantitative estimate of drug-likeness (QED) is 0.234. The molecule has 0 aliphatic rings. The molecule has 1 aromatic rings. The van der Waals surface area contributed by atoms with Gasteiger partial charge in [0.25, 0.3) is 0 Å². The van der Waals surface area contributed by atoms with E-state index in [1.807, 2.05) is 6.92 Å². The number of aliphatic hydroxyl groups excluding tert-OH is 2. The maximum Gasteiger partial charge on any atom is 0.222 e. The van der Waals surface area contributed by atoms with Crippen LogP contribution >= 0.6 is 11.6 Å². The van der Waals surface area contributed by atoms with Gasteiger partial charge in [-0.05, 0) is 61.0 Å². The third-order valence-corrected chi connectivity index (χ3v) is 7.20. The van der Waals surface area contributed by atoms with E-state index in [4.69, 9.17) is 22.1 Å². The highest BCUT2D eigenvalue weighted by Crippen LogP contribution is 2.40. The van der Waals surface area contributed by atoms with Gasteiger partial charge in [0.2, 0.25) is 5.91 Å². The summed E-state index contributed by atoms with van der Waals surface area (Å²) in [5.74, 6) is 0.757. The minimum atomic E-state index is -0.768. The summed E-state index contributed by atoms with van der Waals surface area (Å²) in [5.41, 5.74) is 8.27. The van der Waals surface area contributed by atoms with Crippen molar-refractivity contribution in [2.75, 3.05) is 13.2 Å². The zero-order valence-electron chi connectivity index (χ0n) is 23.7. The Hall–Kier alpha value is -1.34. The molecule has 6 nitrogen and oxygen atoms in total. The summed E-state index contributed by atoms with van der Waals surface area (Å²) in [4.78, 5) is 12.3. The summed E-state index contributed by atoms with van der Waals surface area (Å²) < 4.78 is 6.01. The lowest BCUT2D eigenvalue weighted by molar-refractivity contribution is -0.125. The highest BCUT2D eigenvalue weighted by Gasteiger charge is 2.28. The van der Waals surface area contributed by atoms with Crippen molar-refractivity contribution in [3.63, 3.8) is 0 Å². The average molecular weight is 527 g/mol. The molecule has 0 aliphatic heterocycles. The van der Waals surface area contributed by atoms with Crippen molar-refractivity contribution in [1.29, 1.82) is 0 Å². The average Bonchev–Trinajstić information content (AvgIpc) is 2.76. The molecular weight excluding hydrogens is 476 g/mol. The molecule has 0 saturated heterocycles. The summed E-state index contributed by atoms with van der Waals surface area (Å²) in [6.07, 6.45) is 2.21. The van der Waals surface area contributed by atoms with Gasteiger partial charge in [-0.25, -0.2) is 0 Å². The maximum absolute atomic E-state index is 12.3. The number of rotatable bonds is 15. The number of hydrogen-bond donors (Lipinski definition) is 4. The molecule has 0 bridgehead atoms. The third-order valence-electron chi connectivity index (χ3n) is 6.82. The van der Waals surface area contributed by atoms with Crippen molar-refractivity contribution >= 4 is 17.5 Å². The van der Waals surface area contributed by atoms with Crippen LogP contribution in [0.4, 0.5) is 0 Å². The van der Waals surface area contributed by atoms with E-state index in [1.165, 1.54) is 0 Å². The van der Waals surface area contributed by atoms with Crippen LogP contribution in [0.1, 0.15) is 92.2 Å². The normalized spacial score (nSPS) is 16.4. The molecule has 0 spiro atoms. The third kappa shape index (κ3) is 10.6. The first-order valence-electron chi connectivity index (χ1n) is 13.5. The molecule has 0 saturated carbocycles. The monoisotopic (exact) mass is 526 g/mol. The van der Waals surface area contributed by atoms with Crippen LogP contribution in [0.25, 0.3) is 0 Å². The fourth-order valence-electron chi connectivity index (χ4n) is 4.28. The number of nitrogens with one attached hydrogen (secondary N) is 1. The van der Waals surface area contributed by atoms with Crippen LogP contribution in [0.2, 0.25) is 5.02 Å². The van der Waals surface area contributed by atoms with Crippen LogP contribution in [0.3, 0.4) is 0 Å². The number of unbranched alkanes of at least 4 members (excludes halogenated alkanes) is 1. The van der Waals surface area contributed by atoms with Crippen molar-refractivity contribution in [2.45, 2.75) is 111 Å². The van der Waals surface area contributed by atoms with Crippen LogP contribution in [0.15, 0.2) is 12.1 Å². The topological polar surface area (TPSA) is 105 Å². The van der Waals surface area contributed by atoms with Gasteiger partial charge >= 0.3 is 0 Å². The first-order chi connectivity index (χ1) is 16.7. The van der Waals surface area contributed by atoms with Gasteiger partial charge in [0.15, 0.2) is 0 Å². The molecule has 208 valence electrons. The van der Waals surface area contributed by atoms with E-state index in [2.05, 4.69) is 59.0 Å². The van der Waals surface area contributed by atoms with E-state index in [1.54, 1.807) is 6.92 Å². The Kier molecular flexibility index (Phi) is 13.8. The number of nitrogens with two attached hydrogens (primary N) is 1. The Bertz CT molecular complexity index is 807. The first kappa shape index (κ1) is 32.7. The van der Waals surface area contributed by atoms with Crippen LogP contribution in [0, 0.1) is 17.8 Å². The van der Waals surface area contributed by atoms with Crippen LogP contribution in [-0.2, 0) is 16.6 Å². The molecule has 0 aromatic heterocycles. The first-order valence-corrected chi connectivity index (χ1v) is 13.9. The van der Waals surface area contributed by atoms with Crippen molar-refractivity contribution in [3.8, 4) is 5.75 Å². The zero-order valence-corrected chi connectivity index (χ0v) is 24.5. The minimum absolute atomic E-state index is 0.0383. The number of hydrogen-bond acceptors (Lipinski definition) is 5. The number of halogens is 1. The number of carbonyl (C=O) groups is 1. The standard InChI is InChI=1S/C29H51ClN2O4/c1-9-10-13-32-28(35)19(4)14-25(34)24(31)16-22(18(2)3)15-21-11-12-23(29(6,7)8)26(30)27(21)36-17-20(5)33/h11-12,18-20,22,24-25,33-34H,9-10,13-17,31H2,1-8H3,(H,32,35)/t19?,20-,22+,24+,25+/m1/s1. The summed E-state index contributed by atoms with van der Waals surface area (Å²) >= 11 is 6.82. The lowest BCUT2D eigenvalue weighted by Gasteiger charge is -2.30. The molecule has 5 atom stereocenters. The molecule has 0 aliphatic carbocycles. The van der Waals surface area contributed by atoms with Crippen LogP contribution in [-0.4, -0.2) is 47.5 Å². The van der Waals surface area contributed by atoms with Crippen molar-refractivity contribution in [3.05, 3.63) is 28.3 Å². The van der Waals surface area contributed by atoms with E-state index in [0.29, 0.717) is 42.5 Å². The lowest BCUT2D eigenvalue weighted by Crippen LogP contribution is -2.41. The molecule has 1 unspecified atom stereocenters. The molecule has 1 aromatic carbocycles. The Labute approximate surface area is 224 Å². The number of ether oxygens (including phenoxy) is 1. The van der Waals surface area contributed by atoms with Crippen molar-refractivity contribution in [1.82, 2.24) is 5.32 Å². The van der Waals surface area contributed by atoms with Crippen molar-refractivity contribution < 1.29 is 19.7 Å². The summed E-state index contributed by atoms with van der Waals surface area (Å²) in [6.45, 7) is 17.0. The van der Waals surface area contributed by atoms with Gasteiger partial charge in [-0.1, -0.05) is 78.6 Å². The van der Waals surface area contributed by atoms with Gasteiger partial charge < -0.3 is 26.0 Å². The fraction of sp³-hybridized carbons (Fsp3) is 0.759. The van der Waals surface area contributed by atoms with Gasteiger partial charge in [-0.15, -0.1) is 0 Å². The number of benzene rings is 1. The van der Waals surface area contributed by atoms with E-state index in [-0.39, 0.29) is 29.8 Å². The molecule has 36 heavy (non-hydrogen) atoms. The molecule has 7 heteroatoms. The second-order valence-corrected chi connectivity index (χ2v) is 12.2. The minimum Gasteiger partial charge on any atom is -0.489 e. The fourth-order valence-corrected chi connectivity index (χ4v) is 4.81. The number of amides is 1. The zero-order chi connectivity index (χ0) is 27.6. The Morgan fingerprint density at radius 3 is 2.31 bits per heavy atom. The second-order valence-electron chi connectivity index (χ2n) is 11.8. The van der Waals surface area contributed by atoms with Gasteiger partial charge in [0, 0.05) is 18.5 Å². The van der Waals surface area contributed by atoms with Crippen molar-refractivity contribution in [2.24, 2.45) is 23.5 Å². The van der Waals surface area contributed by atoms with Crippen LogP contribution in [0.5, 0.6) is 5.75 Å². The SMILES string of the molecule is CCCCNC(=O)C(C)C[C@H](O)[C@@H](N)C[C@H](Cc1ccc(C(C)(C)C)c(Cl)c1OC[C@@H](C)O)C(C)C. The Morgan fingerprint density at radius 1 is 1.14 bits per heavy atom. The predicted molar refractivity (Wildman–Crippen MR) is 150 cm³/mol. The maximum atomic E-state index is 12.3. The van der Waals surface area contributed by atoms with E-state index >= 15 is 0 Å². The molecule has 1 rings (SSSR count). The predicted octanol–water partition coefficient (Wildman–Crippen LogP) is 5.23. The molecule has 5 N–H and O–H groups in total. The molecule has 0 fully saturated rings. The second kappa shape index (κ2) is 15.2. The molecule has 0 radical (unpaired) electrons. The van der Waals surface area contributed by atoms with E-state index in [0.717, 1.165) is 24.0 Å². The Balaban J connectivity index is 3.01. The van der Waals surface area contributed by atoms with Gasteiger partial charge in [0.1, 0.15) is 12.4 Å². The highest BCUT2D eigenvalue weighted by molar-refractivity contribution is 6.33. The summed E-state index contributed by atoms with van der Waals surface area (Å²) in [5, 5.41) is 24.1. The van der Waals surface area contributed by atoms with Crippen LogP contribution < -0.4 is 15.8 Å². The smallest absolute Gasteiger partial charge is 0.222 e. The highest BCUT2D eigenvalue weighted by atomic mass is 35.5. The van der Waals surface area contributed by atoms with Gasteiger partial charge in [-0.3, -0.25) is 4.79 Å². The van der Waals surface area contributed by atoms with E-state index in [9.17, 15) is 15.0 Å². The number of carbonyl (C=O) groups excluding carboxylic acids is 1. The summed E-state index contributed by atoms with van der Waals surface area (Å²) in [6, 6.07) is 3.66. The van der Waals surface area contributed by atoms with E-state index < -0.39 is 18.2 Å². The number of aliphatic hydroxyl groups is 2. The molecule has 0 heterocycles. The lowest BCUT2D eigenvalue weighted by atomic mass is 9.80. The van der Waals surface area contributed by atoms with Gasteiger partial charge in [-0.2, -0.15) is 0 Å². The van der Waals surface area contributed by atoms with Gasteiger partial charge in [0.05, 0.1) is 17.2 Å². The largest absolute Gasteiger partial charge is 0.489 e. The Morgan fingerprint density at radius 2 is 1.78 bits per heavy atom. The molecule has 1 amide bonds. The summed E-state index contributed by atoms with van der Waals surface area (Å²) in [7, 11) is 0. The molecular formula is C29H51ClN2O4.